The highest BCUT2D eigenvalue weighted by atomic mass is 35.5. The Balaban J connectivity index is 1.70. The summed E-state index contributed by atoms with van der Waals surface area (Å²) in [6.45, 7) is 2.09. The van der Waals surface area contributed by atoms with Crippen molar-refractivity contribution in [2.24, 2.45) is 0 Å². The van der Waals surface area contributed by atoms with E-state index in [-0.39, 0.29) is 5.91 Å². The smallest absolute Gasteiger partial charge is 0.257 e. The van der Waals surface area contributed by atoms with E-state index in [0.29, 0.717) is 22.3 Å². The number of thiazole rings is 1. The van der Waals surface area contributed by atoms with Gasteiger partial charge in [-0.05, 0) is 48.9 Å². The minimum absolute atomic E-state index is 0.201. The lowest BCUT2D eigenvalue weighted by Gasteiger charge is -2.04. The van der Waals surface area contributed by atoms with E-state index in [1.807, 2.05) is 24.3 Å². The van der Waals surface area contributed by atoms with Crippen molar-refractivity contribution in [2.45, 2.75) is 12.8 Å². The number of nitrogens with zero attached hydrogens (tertiary/aromatic N) is 1. The summed E-state index contributed by atoms with van der Waals surface area (Å²) >= 11 is 8.99. The maximum atomic E-state index is 12.6. The molecule has 142 valence electrons. The molecule has 0 saturated carbocycles. The first kappa shape index (κ1) is 18.9. The molecule has 0 saturated heterocycles. The molecule has 4 rings (SSSR count). The van der Waals surface area contributed by atoms with Gasteiger partial charge < -0.3 is 4.74 Å². The fourth-order valence-corrected chi connectivity index (χ4v) is 5.04. The molecule has 4 nitrogen and oxygen atoms in total. The summed E-state index contributed by atoms with van der Waals surface area (Å²) in [4.78, 5) is 19.6. The summed E-state index contributed by atoms with van der Waals surface area (Å²) in [7, 11) is 1.62. The number of thiophene rings is 1. The van der Waals surface area contributed by atoms with Crippen LogP contribution in [-0.4, -0.2) is 18.0 Å². The predicted molar refractivity (Wildman–Crippen MR) is 118 cm³/mol. The third-order valence-electron chi connectivity index (χ3n) is 4.32. The fourth-order valence-electron chi connectivity index (χ4n) is 2.89. The molecule has 2 heterocycles. The van der Waals surface area contributed by atoms with Gasteiger partial charge in [0.1, 0.15) is 11.3 Å². The van der Waals surface area contributed by atoms with Crippen LogP contribution in [0, 0.1) is 6.92 Å². The number of ether oxygens (including phenoxy) is 1. The summed E-state index contributed by atoms with van der Waals surface area (Å²) in [5.74, 6) is 0.910. The molecule has 4 aromatic rings. The molecule has 0 aliphatic heterocycles. The summed E-state index contributed by atoms with van der Waals surface area (Å²) in [5, 5.41) is 3.45. The maximum absolute atomic E-state index is 12.6. The molecule has 0 aliphatic rings. The van der Waals surface area contributed by atoms with Gasteiger partial charge in [-0.2, -0.15) is 0 Å². The zero-order valence-electron chi connectivity index (χ0n) is 15.3. The first-order chi connectivity index (χ1) is 13.6. The van der Waals surface area contributed by atoms with E-state index in [0.717, 1.165) is 21.3 Å². The molecular weight excluding hydrogens is 412 g/mol. The van der Waals surface area contributed by atoms with Gasteiger partial charge in [-0.25, -0.2) is 4.98 Å². The molecule has 2 aromatic carbocycles. The van der Waals surface area contributed by atoms with Crippen molar-refractivity contribution < 1.29 is 9.53 Å². The average molecular weight is 429 g/mol. The van der Waals surface area contributed by atoms with Crippen molar-refractivity contribution in [3.05, 3.63) is 64.5 Å². The second-order valence-corrected chi connectivity index (χ2v) is 8.76. The van der Waals surface area contributed by atoms with Crippen molar-refractivity contribution in [1.82, 2.24) is 4.98 Å². The zero-order chi connectivity index (χ0) is 19.7. The number of nitrogens with one attached hydrogen (secondary N) is 1. The molecule has 0 unspecified atom stereocenters. The van der Waals surface area contributed by atoms with Crippen LogP contribution in [0.3, 0.4) is 0 Å². The number of alkyl halides is 1. The van der Waals surface area contributed by atoms with E-state index in [9.17, 15) is 4.79 Å². The van der Waals surface area contributed by atoms with Crippen LogP contribution in [0.1, 0.15) is 20.8 Å². The van der Waals surface area contributed by atoms with Gasteiger partial charge in [-0.3, -0.25) is 10.1 Å². The first-order valence-electron chi connectivity index (χ1n) is 8.59. The van der Waals surface area contributed by atoms with Crippen LogP contribution in [0.25, 0.3) is 20.7 Å². The molecule has 0 spiro atoms. The molecule has 1 N–H and O–H groups in total. The Hall–Kier alpha value is -2.41. The number of amides is 1. The Labute approximate surface area is 175 Å². The van der Waals surface area contributed by atoms with Gasteiger partial charge in [-0.1, -0.05) is 23.5 Å². The van der Waals surface area contributed by atoms with Crippen molar-refractivity contribution in [3.63, 3.8) is 0 Å². The SMILES string of the molecule is COc1ccc(-c2ccc(C)s2)c2sc(NC(=O)c3ccc(CCl)cc3)nc12. The Bertz CT molecular complexity index is 1150. The zero-order valence-corrected chi connectivity index (χ0v) is 17.7. The normalized spacial score (nSPS) is 11.0. The third kappa shape index (κ3) is 3.63. The fraction of sp³-hybridized carbons (Fsp3) is 0.143. The largest absolute Gasteiger partial charge is 0.494 e. The van der Waals surface area contributed by atoms with Gasteiger partial charge >= 0.3 is 0 Å². The number of halogens is 1. The molecule has 7 heteroatoms. The number of carbonyl (C=O) groups excluding carboxylic acids is 1. The third-order valence-corrected chi connectivity index (χ3v) is 6.67. The number of methoxy groups -OCH3 is 1. The molecule has 2 aromatic heterocycles. The number of benzene rings is 2. The lowest BCUT2D eigenvalue weighted by molar-refractivity contribution is 0.102. The monoisotopic (exact) mass is 428 g/mol. The molecule has 0 bridgehead atoms. The highest BCUT2D eigenvalue weighted by Gasteiger charge is 2.17. The maximum Gasteiger partial charge on any atom is 0.257 e. The van der Waals surface area contributed by atoms with Gasteiger partial charge in [0, 0.05) is 26.8 Å². The van der Waals surface area contributed by atoms with Gasteiger partial charge in [0.25, 0.3) is 5.91 Å². The lowest BCUT2D eigenvalue weighted by Crippen LogP contribution is -2.11. The number of hydrogen-bond acceptors (Lipinski definition) is 5. The van der Waals surface area contributed by atoms with E-state index in [4.69, 9.17) is 16.3 Å². The standard InChI is InChI=1S/C21H17ClN2O2S2/c1-12-3-10-17(27-12)15-8-9-16(26-2)18-19(15)28-21(23-18)24-20(25)14-6-4-13(11-22)5-7-14/h3-10H,11H2,1-2H3,(H,23,24,25). The minimum atomic E-state index is -0.201. The number of aromatic nitrogens is 1. The highest BCUT2D eigenvalue weighted by Crippen LogP contribution is 2.41. The van der Waals surface area contributed by atoms with Crippen LogP contribution in [0.4, 0.5) is 5.13 Å². The predicted octanol–water partition coefficient (Wildman–Crippen LogP) is 6.33. The van der Waals surface area contributed by atoms with Crippen molar-refractivity contribution >= 4 is 55.5 Å². The van der Waals surface area contributed by atoms with E-state index < -0.39 is 0 Å². The summed E-state index contributed by atoms with van der Waals surface area (Å²) in [6.07, 6.45) is 0. The van der Waals surface area contributed by atoms with Crippen molar-refractivity contribution in [1.29, 1.82) is 0 Å². The topological polar surface area (TPSA) is 51.2 Å². The molecule has 28 heavy (non-hydrogen) atoms. The highest BCUT2D eigenvalue weighted by molar-refractivity contribution is 7.23. The summed E-state index contributed by atoms with van der Waals surface area (Å²) in [6, 6.07) is 15.4. The van der Waals surface area contributed by atoms with E-state index in [1.54, 1.807) is 30.6 Å². The molecule has 0 aliphatic carbocycles. The molecule has 1 amide bonds. The van der Waals surface area contributed by atoms with Crippen molar-refractivity contribution in [3.8, 4) is 16.2 Å². The van der Waals surface area contributed by atoms with E-state index >= 15 is 0 Å². The first-order valence-corrected chi connectivity index (χ1v) is 10.8. The molecular formula is C21H17ClN2O2S2. The van der Waals surface area contributed by atoms with Gasteiger partial charge in [0.15, 0.2) is 5.13 Å². The van der Waals surface area contributed by atoms with Crippen LogP contribution in [0.2, 0.25) is 0 Å². The quantitative estimate of drug-likeness (QED) is 0.377. The van der Waals surface area contributed by atoms with Crippen LogP contribution >= 0.6 is 34.3 Å². The van der Waals surface area contributed by atoms with E-state index in [1.165, 1.54) is 21.1 Å². The summed E-state index contributed by atoms with van der Waals surface area (Å²) in [5.41, 5.74) is 3.38. The molecule has 0 atom stereocenters. The Morgan fingerprint density at radius 3 is 2.54 bits per heavy atom. The summed E-state index contributed by atoms with van der Waals surface area (Å²) < 4.78 is 6.47. The van der Waals surface area contributed by atoms with Gasteiger partial charge in [0.2, 0.25) is 0 Å². The average Bonchev–Trinajstić information content (AvgIpc) is 3.33. The van der Waals surface area contributed by atoms with Crippen LogP contribution < -0.4 is 10.1 Å². The number of hydrogen-bond donors (Lipinski definition) is 1. The Morgan fingerprint density at radius 2 is 1.89 bits per heavy atom. The number of carbonyl (C=O) groups is 1. The van der Waals surface area contributed by atoms with Gasteiger partial charge in [0.05, 0.1) is 11.8 Å². The van der Waals surface area contributed by atoms with Crippen LogP contribution in [0.5, 0.6) is 5.75 Å². The van der Waals surface area contributed by atoms with Gasteiger partial charge in [-0.15, -0.1) is 22.9 Å². The number of anilines is 1. The number of rotatable bonds is 5. The molecule has 0 radical (unpaired) electrons. The molecule has 0 fully saturated rings. The second-order valence-electron chi connectivity index (χ2n) is 6.21. The lowest BCUT2D eigenvalue weighted by atomic mass is 10.1. The van der Waals surface area contributed by atoms with Crippen LogP contribution in [0.15, 0.2) is 48.5 Å². The van der Waals surface area contributed by atoms with Crippen molar-refractivity contribution in [2.75, 3.05) is 12.4 Å². The Morgan fingerprint density at radius 1 is 1.11 bits per heavy atom. The Kier molecular flexibility index (Phi) is 5.35. The second kappa shape index (κ2) is 7.91. The number of aryl methyl sites for hydroxylation is 1. The van der Waals surface area contributed by atoms with Crippen LogP contribution in [-0.2, 0) is 5.88 Å². The minimum Gasteiger partial charge on any atom is -0.494 e. The van der Waals surface area contributed by atoms with E-state index in [2.05, 4.69) is 29.4 Å². The number of fused-ring (bicyclic) bond motifs is 1.